The Hall–Kier alpha value is -0.630. The van der Waals surface area contributed by atoms with Gasteiger partial charge in [-0.2, -0.15) is 0 Å². The van der Waals surface area contributed by atoms with Crippen LogP contribution in [0, 0.1) is 0 Å². The van der Waals surface area contributed by atoms with Gasteiger partial charge in [-0.3, -0.25) is 4.79 Å². The van der Waals surface area contributed by atoms with Gasteiger partial charge in [0, 0.05) is 6.42 Å². The molecule has 1 N–H and O–H groups in total. The fourth-order valence-corrected chi connectivity index (χ4v) is 0.783. The summed E-state index contributed by atoms with van der Waals surface area (Å²) in [6.45, 7) is 3.55. The van der Waals surface area contributed by atoms with Gasteiger partial charge in [0.1, 0.15) is 5.78 Å². The molecular weight excluding hydrogens is 140 g/mol. The van der Waals surface area contributed by atoms with E-state index in [2.05, 4.69) is 6.92 Å². The van der Waals surface area contributed by atoms with Crippen molar-refractivity contribution in [1.29, 1.82) is 0 Å². The Balaban J connectivity index is 3.50. The summed E-state index contributed by atoms with van der Waals surface area (Å²) in [6.07, 6.45) is 5.29. The highest BCUT2D eigenvalue weighted by Crippen LogP contribution is 1.97. The number of hydrogen-bond donors (Lipinski definition) is 1. The van der Waals surface area contributed by atoms with E-state index in [0.717, 1.165) is 12.8 Å². The topological polar surface area (TPSA) is 37.3 Å². The third kappa shape index (κ3) is 7.26. The minimum absolute atomic E-state index is 0.0265. The van der Waals surface area contributed by atoms with Crippen LogP contribution < -0.4 is 0 Å². The summed E-state index contributed by atoms with van der Waals surface area (Å²) < 4.78 is 0. The molecule has 0 aliphatic carbocycles. The molecular formula is C9H16O2. The van der Waals surface area contributed by atoms with Crippen molar-refractivity contribution < 1.29 is 9.90 Å². The Bertz CT molecular complexity index is 138. The smallest absolute Gasteiger partial charge is 0.132 e. The predicted molar refractivity (Wildman–Crippen MR) is 45.4 cm³/mol. The van der Waals surface area contributed by atoms with Crippen molar-refractivity contribution in [1.82, 2.24) is 0 Å². The first-order valence-electron chi connectivity index (χ1n) is 4.01. The second kappa shape index (κ2) is 6.10. The molecule has 2 heteroatoms. The molecule has 0 bridgehead atoms. The minimum Gasteiger partial charge on any atom is -0.389 e. The second-order valence-electron chi connectivity index (χ2n) is 2.69. The van der Waals surface area contributed by atoms with Crippen LogP contribution in [0.15, 0.2) is 12.2 Å². The lowest BCUT2D eigenvalue weighted by Gasteiger charge is -1.99. The highest BCUT2D eigenvalue weighted by atomic mass is 16.3. The number of carbonyl (C=O) groups excluding carboxylic acids is 1. The average molecular weight is 156 g/mol. The number of ketones is 1. The zero-order valence-corrected chi connectivity index (χ0v) is 7.21. The van der Waals surface area contributed by atoms with E-state index in [1.165, 1.54) is 6.92 Å². The number of unbranched alkanes of at least 4 members (excludes halogenated alkanes) is 1. The molecule has 0 aromatic heterocycles. The van der Waals surface area contributed by atoms with E-state index in [1.807, 2.05) is 6.08 Å². The van der Waals surface area contributed by atoms with E-state index >= 15 is 0 Å². The van der Waals surface area contributed by atoms with Gasteiger partial charge < -0.3 is 5.11 Å². The standard InChI is InChI=1S/C9H16O2/c1-3-4-5-6-9(11)7-8(2)10/h5-6,9,11H,3-4,7H2,1-2H3. The van der Waals surface area contributed by atoms with Crippen molar-refractivity contribution in [3.05, 3.63) is 12.2 Å². The molecule has 0 saturated heterocycles. The van der Waals surface area contributed by atoms with Crippen LogP contribution in [0.3, 0.4) is 0 Å². The maximum Gasteiger partial charge on any atom is 0.132 e. The summed E-state index contributed by atoms with van der Waals surface area (Å²) >= 11 is 0. The SMILES string of the molecule is CCCC=CC(O)CC(C)=O. The van der Waals surface area contributed by atoms with E-state index < -0.39 is 6.10 Å². The Kier molecular flexibility index (Phi) is 5.75. The molecule has 1 atom stereocenters. The van der Waals surface area contributed by atoms with Crippen LogP contribution in [0.1, 0.15) is 33.1 Å². The van der Waals surface area contributed by atoms with Crippen LogP contribution in [0.5, 0.6) is 0 Å². The number of hydrogen-bond acceptors (Lipinski definition) is 2. The Morgan fingerprint density at radius 3 is 2.73 bits per heavy atom. The molecule has 0 fully saturated rings. The number of carbonyl (C=O) groups is 1. The van der Waals surface area contributed by atoms with Gasteiger partial charge in [-0.05, 0) is 13.3 Å². The van der Waals surface area contributed by atoms with E-state index in [0.29, 0.717) is 0 Å². The molecule has 0 amide bonds. The van der Waals surface area contributed by atoms with Crippen LogP contribution >= 0.6 is 0 Å². The van der Waals surface area contributed by atoms with Crippen molar-refractivity contribution in [3.63, 3.8) is 0 Å². The van der Waals surface area contributed by atoms with Crippen molar-refractivity contribution in [2.45, 2.75) is 39.2 Å². The van der Waals surface area contributed by atoms with Crippen LogP contribution in [0.4, 0.5) is 0 Å². The Morgan fingerprint density at radius 2 is 2.27 bits per heavy atom. The first-order valence-corrected chi connectivity index (χ1v) is 4.01. The quantitative estimate of drug-likeness (QED) is 0.615. The lowest BCUT2D eigenvalue weighted by Crippen LogP contribution is -2.07. The van der Waals surface area contributed by atoms with E-state index in [1.54, 1.807) is 6.08 Å². The lowest BCUT2D eigenvalue weighted by molar-refractivity contribution is -0.118. The van der Waals surface area contributed by atoms with Crippen LogP contribution in [0.25, 0.3) is 0 Å². The fourth-order valence-electron chi connectivity index (χ4n) is 0.783. The molecule has 11 heavy (non-hydrogen) atoms. The van der Waals surface area contributed by atoms with Crippen molar-refractivity contribution in [2.75, 3.05) is 0 Å². The van der Waals surface area contributed by atoms with Gasteiger partial charge in [-0.15, -0.1) is 0 Å². The molecule has 64 valence electrons. The van der Waals surface area contributed by atoms with Gasteiger partial charge in [-0.1, -0.05) is 25.5 Å². The summed E-state index contributed by atoms with van der Waals surface area (Å²) in [6, 6.07) is 0. The van der Waals surface area contributed by atoms with E-state index in [-0.39, 0.29) is 12.2 Å². The van der Waals surface area contributed by atoms with Gasteiger partial charge in [0.2, 0.25) is 0 Å². The largest absolute Gasteiger partial charge is 0.389 e. The number of rotatable bonds is 5. The van der Waals surface area contributed by atoms with E-state index in [4.69, 9.17) is 5.11 Å². The van der Waals surface area contributed by atoms with Crippen molar-refractivity contribution in [3.8, 4) is 0 Å². The van der Waals surface area contributed by atoms with Crippen LogP contribution in [-0.4, -0.2) is 17.0 Å². The Morgan fingerprint density at radius 1 is 1.64 bits per heavy atom. The normalized spacial score (nSPS) is 13.7. The molecule has 0 saturated carbocycles. The molecule has 0 radical (unpaired) electrons. The van der Waals surface area contributed by atoms with Crippen molar-refractivity contribution in [2.24, 2.45) is 0 Å². The van der Waals surface area contributed by atoms with Crippen molar-refractivity contribution >= 4 is 5.78 Å². The van der Waals surface area contributed by atoms with Gasteiger partial charge in [0.15, 0.2) is 0 Å². The fraction of sp³-hybridized carbons (Fsp3) is 0.667. The zero-order valence-electron chi connectivity index (χ0n) is 7.21. The second-order valence-corrected chi connectivity index (χ2v) is 2.69. The molecule has 0 rings (SSSR count). The summed E-state index contributed by atoms with van der Waals surface area (Å²) in [5, 5.41) is 9.14. The van der Waals surface area contributed by atoms with Crippen LogP contribution in [-0.2, 0) is 4.79 Å². The minimum atomic E-state index is -0.584. The highest BCUT2D eigenvalue weighted by molar-refractivity contribution is 5.76. The molecule has 0 aliphatic rings. The first kappa shape index (κ1) is 10.4. The maximum absolute atomic E-state index is 10.5. The molecule has 2 nitrogen and oxygen atoms in total. The summed E-state index contributed by atoms with van der Waals surface area (Å²) in [5.41, 5.74) is 0. The number of allylic oxidation sites excluding steroid dienone is 1. The predicted octanol–water partition coefficient (Wildman–Crippen LogP) is 1.68. The number of Topliss-reactive ketones (excluding diaryl/α,β-unsaturated/α-hetero) is 1. The average Bonchev–Trinajstić information content (AvgIpc) is 1.86. The monoisotopic (exact) mass is 156 g/mol. The first-order chi connectivity index (χ1) is 5.16. The summed E-state index contributed by atoms with van der Waals surface area (Å²) in [5.74, 6) is 0.0265. The molecule has 1 unspecified atom stereocenters. The van der Waals surface area contributed by atoms with Gasteiger partial charge >= 0.3 is 0 Å². The third-order valence-electron chi connectivity index (χ3n) is 1.31. The Labute approximate surface area is 67.9 Å². The highest BCUT2D eigenvalue weighted by Gasteiger charge is 2.00. The molecule has 0 aromatic carbocycles. The van der Waals surface area contributed by atoms with E-state index in [9.17, 15) is 4.79 Å². The maximum atomic E-state index is 10.5. The third-order valence-corrected chi connectivity index (χ3v) is 1.31. The molecule has 0 aliphatic heterocycles. The summed E-state index contributed by atoms with van der Waals surface area (Å²) in [4.78, 5) is 10.5. The van der Waals surface area contributed by atoms with Crippen LogP contribution in [0.2, 0.25) is 0 Å². The van der Waals surface area contributed by atoms with Gasteiger partial charge in [-0.25, -0.2) is 0 Å². The lowest BCUT2D eigenvalue weighted by atomic mass is 10.1. The number of aliphatic hydroxyl groups is 1. The van der Waals surface area contributed by atoms with Gasteiger partial charge in [0.25, 0.3) is 0 Å². The molecule has 0 spiro atoms. The zero-order chi connectivity index (χ0) is 8.69. The van der Waals surface area contributed by atoms with Gasteiger partial charge in [0.05, 0.1) is 6.10 Å². The molecule has 0 aromatic rings. The number of aliphatic hydroxyl groups excluding tert-OH is 1. The molecule has 0 heterocycles. The summed E-state index contributed by atoms with van der Waals surface area (Å²) in [7, 11) is 0.